The second-order valence-corrected chi connectivity index (χ2v) is 5.77. The van der Waals surface area contributed by atoms with Gasteiger partial charge in [-0.1, -0.05) is 17.7 Å². The SMILES string of the molecule is NC(=O)c1c(Cl)cccc1N1CC2CCCNC2C1. The number of nitrogens with zero attached hydrogens (tertiary/aromatic N) is 1. The number of rotatable bonds is 2. The van der Waals surface area contributed by atoms with Crippen LogP contribution in [0.3, 0.4) is 0 Å². The molecular formula is C14H18ClN3O. The van der Waals surface area contributed by atoms with Gasteiger partial charge in [-0.2, -0.15) is 0 Å². The topological polar surface area (TPSA) is 58.4 Å². The summed E-state index contributed by atoms with van der Waals surface area (Å²) in [6, 6.07) is 6.04. The Bertz CT molecular complexity index is 491. The summed E-state index contributed by atoms with van der Waals surface area (Å²) in [5, 5.41) is 3.99. The molecule has 0 saturated carbocycles. The van der Waals surface area contributed by atoms with E-state index in [4.69, 9.17) is 17.3 Å². The molecule has 4 nitrogen and oxygen atoms in total. The molecule has 0 bridgehead atoms. The van der Waals surface area contributed by atoms with E-state index in [1.54, 1.807) is 6.07 Å². The Balaban J connectivity index is 1.91. The summed E-state index contributed by atoms with van der Waals surface area (Å²) in [5.41, 5.74) is 6.78. The molecule has 2 aliphatic rings. The molecule has 2 heterocycles. The number of carbonyl (C=O) groups is 1. The number of hydrogen-bond acceptors (Lipinski definition) is 3. The smallest absolute Gasteiger partial charge is 0.252 e. The van der Waals surface area contributed by atoms with Crippen molar-refractivity contribution in [3.8, 4) is 0 Å². The maximum atomic E-state index is 11.6. The number of hydrogen-bond donors (Lipinski definition) is 2. The van der Waals surface area contributed by atoms with Crippen LogP contribution < -0.4 is 16.0 Å². The lowest BCUT2D eigenvalue weighted by molar-refractivity contribution is 0.100. The first-order valence-electron chi connectivity index (χ1n) is 6.73. The molecule has 0 spiro atoms. The molecule has 19 heavy (non-hydrogen) atoms. The number of fused-ring (bicyclic) bond motifs is 1. The van der Waals surface area contributed by atoms with Gasteiger partial charge in [-0.05, 0) is 37.4 Å². The van der Waals surface area contributed by atoms with Crippen LogP contribution in [0.25, 0.3) is 0 Å². The van der Waals surface area contributed by atoms with E-state index in [1.165, 1.54) is 12.8 Å². The number of amides is 1. The van der Waals surface area contributed by atoms with Gasteiger partial charge < -0.3 is 16.0 Å². The Hall–Kier alpha value is -1.26. The minimum Gasteiger partial charge on any atom is -0.369 e. The van der Waals surface area contributed by atoms with E-state index in [2.05, 4.69) is 10.2 Å². The molecule has 2 unspecified atom stereocenters. The molecule has 2 saturated heterocycles. The van der Waals surface area contributed by atoms with E-state index in [0.29, 0.717) is 22.5 Å². The second-order valence-electron chi connectivity index (χ2n) is 5.37. The maximum Gasteiger partial charge on any atom is 0.252 e. The van der Waals surface area contributed by atoms with Gasteiger partial charge in [0.25, 0.3) is 5.91 Å². The van der Waals surface area contributed by atoms with Gasteiger partial charge in [0.1, 0.15) is 0 Å². The average molecular weight is 280 g/mol. The van der Waals surface area contributed by atoms with Crippen molar-refractivity contribution in [1.82, 2.24) is 5.32 Å². The van der Waals surface area contributed by atoms with Crippen LogP contribution in [-0.4, -0.2) is 31.6 Å². The highest BCUT2D eigenvalue weighted by atomic mass is 35.5. The molecular weight excluding hydrogens is 262 g/mol. The molecule has 102 valence electrons. The number of nitrogens with one attached hydrogen (secondary N) is 1. The summed E-state index contributed by atoms with van der Waals surface area (Å²) < 4.78 is 0. The van der Waals surface area contributed by atoms with Crippen LogP contribution in [0, 0.1) is 5.92 Å². The number of halogens is 1. The Kier molecular flexibility index (Phi) is 3.37. The van der Waals surface area contributed by atoms with Gasteiger partial charge in [0.2, 0.25) is 0 Å². The molecule has 2 aliphatic heterocycles. The third-order valence-corrected chi connectivity index (χ3v) is 4.49. The first-order chi connectivity index (χ1) is 9.16. The van der Waals surface area contributed by atoms with Crippen LogP contribution >= 0.6 is 11.6 Å². The molecule has 0 radical (unpaired) electrons. The van der Waals surface area contributed by atoms with Crippen molar-refractivity contribution < 1.29 is 4.79 Å². The zero-order valence-electron chi connectivity index (χ0n) is 10.7. The van der Waals surface area contributed by atoms with Crippen LogP contribution in [0.5, 0.6) is 0 Å². The van der Waals surface area contributed by atoms with E-state index in [1.807, 2.05) is 12.1 Å². The van der Waals surface area contributed by atoms with Crippen LogP contribution in [0.15, 0.2) is 18.2 Å². The first-order valence-corrected chi connectivity index (χ1v) is 7.11. The molecule has 1 aromatic rings. The van der Waals surface area contributed by atoms with Gasteiger partial charge in [-0.25, -0.2) is 0 Å². The lowest BCUT2D eigenvalue weighted by Gasteiger charge is -2.24. The third kappa shape index (κ3) is 2.30. The summed E-state index contributed by atoms with van der Waals surface area (Å²) in [6.07, 6.45) is 2.48. The number of nitrogens with two attached hydrogens (primary N) is 1. The lowest BCUT2D eigenvalue weighted by atomic mass is 9.94. The average Bonchev–Trinajstić information content (AvgIpc) is 2.81. The largest absolute Gasteiger partial charge is 0.369 e. The van der Waals surface area contributed by atoms with Gasteiger partial charge >= 0.3 is 0 Å². The Morgan fingerprint density at radius 2 is 2.26 bits per heavy atom. The fraction of sp³-hybridized carbons (Fsp3) is 0.500. The minimum atomic E-state index is -0.455. The molecule has 5 heteroatoms. The highest BCUT2D eigenvalue weighted by Gasteiger charge is 2.35. The van der Waals surface area contributed by atoms with Gasteiger partial charge in [0.05, 0.1) is 16.3 Å². The van der Waals surface area contributed by atoms with Crippen molar-refractivity contribution in [1.29, 1.82) is 0 Å². The van der Waals surface area contributed by atoms with Crippen molar-refractivity contribution in [2.45, 2.75) is 18.9 Å². The van der Waals surface area contributed by atoms with E-state index in [0.717, 1.165) is 25.3 Å². The molecule has 2 fully saturated rings. The van der Waals surface area contributed by atoms with E-state index in [9.17, 15) is 4.79 Å². The fourth-order valence-electron chi connectivity index (χ4n) is 3.26. The predicted molar refractivity (Wildman–Crippen MR) is 76.7 cm³/mol. The Morgan fingerprint density at radius 1 is 1.42 bits per heavy atom. The van der Waals surface area contributed by atoms with Gasteiger partial charge in [-0.15, -0.1) is 0 Å². The molecule has 2 atom stereocenters. The number of primary amides is 1. The zero-order chi connectivity index (χ0) is 13.4. The number of benzene rings is 1. The van der Waals surface area contributed by atoms with E-state index in [-0.39, 0.29) is 0 Å². The highest BCUT2D eigenvalue weighted by molar-refractivity contribution is 6.34. The lowest BCUT2D eigenvalue weighted by Crippen LogP contribution is -2.40. The van der Waals surface area contributed by atoms with Gasteiger partial charge in [0.15, 0.2) is 0 Å². The monoisotopic (exact) mass is 279 g/mol. The molecule has 1 aromatic carbocycles. The normalized spacial score (nSPS) is 26.3. The van der Waals surface area contributed by atoms with E-state index >= 15 is 0 Å². The maximum absolute atomic E-state index is 11.6. The third-order valence-electron chi connectivity index (χ3n) is 4.18. The van der Waals surface area contributed by atoms with Crippen molar-refractivity contribution in [2.24, 2.45) is 11.7 Å². The molecule has 1 amide bonds. The van der Waals surface area contributed by atoms with Crippen molar-refractivity contribution in [3.63, 3.8) is 0 Å². The molecule has 0 aliphatic carbocycles. The molecule has 0 aromatic heterocycles. The van der Waals surface area contributed by atoms with Gasteiger partial charge in [-0.3, -0.25) is 4.79 Å². The highest BCUT2D eigenvalue weighted by Crippen LogP contribution is 2.33. The van der Waals surface area contributed by atoms with Crippen molar-refractivity contribution in [3.05, 3.63) is 28.8 Å². The predicted octanol–water partition coefficient (Wildman–Crippen LogP) is 1.63. The van der Waals surface area contributed by atoms with Crippen molar-refractivity contribution in [2.75, 3.05) is 24.5 Å². The van der Waals surface area contributed by atoms with Crippen LogP contribution in [0.4, 0.5) is 5.69 Å². The standard InChI is InChI=1S/C14H18ClN3O/c15-10-4-1-5-12(13(10)14(16)19)18-7-9-3-2-6-17-11(9)8-18/h1,4-5,9,11,17H,2-3,6-8H2,(H2,16,19). The first kappa shape index (κ1) is 12.8. The molecule has 3 rings (SSSR count). The summed E-state index contributed by atoms with van der Waals surface area (Å²) in [5.74, 6) is 0.205. The number of carbonyl (C=O) groups excluding carboxylic acids is 1. The Morgan fingerprint density at radius 3 is 3.00 bits per heavy atom. The van der Waals surface area contributed by atoms with Gasteiger partial charge in [0, 0.05) is 19.1 Å². The fourth-order valence-corrected chi connectivity index (χ4v) is 3.53. The van der Waals surface area contributed by atoms with Crippen LogP contribution in [0.2, 0.25) is 5.02 Å². The van der Waals surface area contributed by atoms with Crippen molar-refractivity contribution >= 4 is 23.2 Å². The quantitative estimate of drug-likeness (QED) is 0.865. The number of anilines is 1. The molecule has 3 N–H and O–H groups in total. The summed E-state index contributed by atoms with van der Waals surface area (Å²) in [7, 11) is 0. The summed E-state index contributed by atoms with van der Waals surface area (Å²) in [4.78, 5) is 13.8. The zero-order valence-corrected chi connectivity index (χ0v) is 11.5. The van der Waals surface area contributed by atoms with Crippen LogP contribution in [0.1, 0.15) is 23.2 Å². The minimum absolute atomic E-state index is 0.438. The second kappa shape index (κ2) is 5.02. The number of piperidine rings is 1. The van der Waals surface area contributed by atoms with Crippen LogP contribution in [-0.2, 0) is 0 Å². The summed E-state index contributed by atoms with van der Waals surface area (Å²) in [6.45, 7) is 2.98. The van der Waals surface area contributed by atoms with E-state index < -0.39 is 5.91 Å². The summed E-state index contributed by atoms with van der Waals surface area (Å²) >= 11 is 6.11. The Labute approximate surface area is 117 Å².